The first kappa shape index (κ1) is 22.3. The lowest BCUT2D eigenvalue weighted by Crippen LogP contribution is -2.45. The lowest BCUT2D eigenvalue weighted by atomic mass is 10.2. The highest BCUT2D eigenvalue weighted by atomic mass is 32.2. The SMILES string of the molecule is CC(C)n1nnnc1SCC(=O)Nc1ccc(N2CCN(Cc3ccccc3)CC2)cc1. The second-order valence-corrected chi connectivity index (χ2v) is 9.07. The first-order valence-corrected chi connectivity index (χ1v) is 11.9. The molecule has 0 aliphatic carbocycles. The monoisotopic (exact) mass is 451 g/mol. The van der Waals surface area contributed by atoms with Gasteiger partial charge in [0.05, 0.1) is 11.8 Å². The molecular formula is C23H29N7OS. The van der Waals surface area contributed by atoms with Crippen LogP contribution in [-0.4, -0.2) is 62.9 Å². The molecule has 0 saturated carbocycles. The minimum absolute atomic E-state index is 0.0735. The second-order valence-electron chi connectivity index (χ2n) is 8.13. The van der Waals surface area contributed by atoms with Gasteiger partial charge in [-0.2, -0.15) is 0 Å². The summed E-state index contributed by atoms with van der Waals surface area (Å²) in [5, 5.41) is 15.2. The van der Waals surface area contributed by atoms with Crippen LogP contribution in [0.3, 0.4) is 0 Å². The molecule has 32 heavy (non-hydrogen) atoms. The molecule has 0 spiro atoms. The van der Waals surface area contributed by atoms with Crippen molar-refractivity contribution in [3.8, 4) is 0 Å². The average molecular weight is 452 g/mol. The quantitative estimate of drug-likeness (QED) is 0.527. The third kappa shape index (κ3) is 5.86. The number of nitrogens with zero attached hydrogens (tertiary/aromatic N) is 6. The number of hydrogen-bond acceptors (Lipinski definition) is 7. The molecule has 1 aliphatic heterocycles. The summed E-state index contributed by atoms with van der Waals surface area (Å²) in [6.07, 6.45) is 0. The molecule has 8 nitrogen and oxygen atoms in total. The summed E-state index contributed by atoms with van der Waals surface area (Å²) >= 11 is 1.34. The summed E-state index contributed by atoms with van der Waals surface area (Å²) < 4.78 is 1.71. The Bertz CT molecular complexity index is 999. The fourth-order valence-electron chi connectivity index (χ4n) is 3.69. The zero-order chi connectivity index (χ0) is 22.3. The number of benzene rings is 2. The van der Waals surface area contributed by atoms with Crippen molar-refractivity contribution in [2.24, 2.45) is 0 Å². The molecule has 0 radical (unpaired) electrons. The van der Waals surface area contributed by atoms with E-state index in [9.17, 15) is 4.79 Å². The number of rotatable bonds is 8. The highest BCUT2D eigenvalue weighted by molar-refractivity contribution is 7.99. The zero-order valence-corrected chi connectivity index (χ0v) is 19.3. The number of anilines is 2. The molecule has 1 amide bonds. The minimum Gasteiger partial charge on any atom is -0.369 e. The number of nitrogens with one attached hydrogen (secondary N) is 1. The molecule has 1 aliphatic rings. The van der Waals surface area contributed by atoms with Crippen molar-refractivity contribution in [1.29, 1.82) is 0 Å². The van der Waals surface area contributed by atoms with E-state index in [0.29, 0.717) is 5.16 Å². The Labute approximate surface area is 193 Å². The van der Waals surface area contributed by atoms with E-state index in [1.54, 1.807) is 4.68 Å². The van der Waals surface area contributed by atoms with Crippen LogP contribution >= 0.6 is 11.8 Å². The molecule has 2 heterocycles. The minimum atomic E-state index is -0.0735. The molecule has 9 heteroatoms. The highest BCUT2D eigenvalue weighted by Crippen LogP contribution is 2.21. The summed E-state index contributed by atoms with van der Waals surface area (Å²) in [4.78, 5) is 17.2. The topological polar surface area (TPSA) is 79.2 Å². The molecule has 168 valence electrons. The number of thioether (sulfide) groups is 1. The van der Waals surface area contributed by atoms with Gasteiger partial charge in [0.1, 0.15) is 0 Å². The van der Waals surface area contributed by atoms with Crippen LogP contribution in [0.25, 0.3) is 0 Å². The Morgan fingerprint density at radius 3 is 2.44 bits per heavy atom. The maximum absolute atomic E-state index is 12.3. The van der Waals surface area contributed by atoms with E-state index in [0.717, 1.165) is 38.4 Å². The summed E-state index contributed by atoms with van der Waals surface area (Å²) in [5.41, 5.74) is 3.35. The molecule has 0 unspecified atom stereocenters. The van der Waals surface area contributed by atoms with Crippen molar-refractivity contribution in [1.82, 2.24) is 25.1 Å². The van der Waals surface area contributed by atoms with E-state index < -0.39 is 0 Å². The third-order valence-electron chi connectivity index (χ3n) is 5.42. The summed E-state index contributed by atoms with van der Waals surface area (Å²) in [5.74, 6) is 0.189. The fraction of sp³-hybridized carbons (Fsp3) is 0.391. The van der Waals surface area contributed by atoms with Crippen LogP contribution in [0.5, 0.6) is 0 Å². The second kappa shape index (κ2) is 10.6. The van der Waals surface area contributed by atoms with Crippen molar-refractivity contribution in [3.63, 3.8) is 0 Å². The van der Waals surface area contributed by atoms with E-state index in [1.807, 2.05) is 26.0 Å². The van der Waals surface area contributed by atoms with Gasteiger partial charge in [-0.3, -0.25) is 9.69 Å². The van der Waals surface area contributed by atoms with E-state index in [1.165, 1.54) is 23.0 Å². The Balaban J connectivity index is 1.23. The number of amides is 1. The lowest BCUT2D eigenvalue weighted by Gasteiger charge is -2.36. The lowest BCUT2D eigenvalue weighted by molar-refractivity contribution is -0.113. The predicted molar refractivity (Wildman–Crippen MR) is 128 cm³/mol. The third-order valence-corrected chi connectivity index (χ3v) is 6.36. The van der Waals surface area contributed by atoms with Crippen molar-refractivity contribution < 1.29 is 4.79 Å². The van der Waals surface area contributed by atoms with Gasteiger partial charge in [0.15, 0.2) is 0 Å². The predicted octanol–water partition coefficient (Wildman–Crippen LogP) is 3.31. The van der Waals surface area contributed by atoms with Crippen molar-refractivity contribution in [2.45, 2.75) is 31.6 Å². The number of aromatic nitrogens is 4. The van der Waals surface area contributed by atoms with Gasteiger partial charge in [-0.25, -0.2) is 4.68 Å². The Hall–Kier alpha value is -2.91. The maximum atomic E-state index is 12.3. The molecule has 0 bridgehead atoms. The van der Waals surface area contributed by atoms with Gasteiger partial charge < -0.3 is 10.2 Å². The summed E-state index contributed by atoms with van der Waals surface area (Å²) in [7, 11) is 0. The number of piperazine rings is 1. The standard InChI is InChI=1S/C23H29N7OS/c1-18(2)30-23(25-26-27-30)32-17-22(31)24-20-8-10-21(11-9-20)29-14-12-28(13-15-29)16-19-6-4-3-5-7-19/h3-11,18H,12-17H2,1-2H3,(H,24,31). The van der Waals surface area contributed by atoms with Crippen LogP contribution < -0.4 is 10.2 Å². The van der Waals surface area contributed by atoms with Crippen LogP contribution in [0.15, 0.2) is 59.8 Å². The van der Waals surface area contributed by atoms with Gasteiger partial charge in [-0.1, -0.05) is 42.1 Å². The van der Waals surface area contributed by atoms with E-state index in [2.05, 4.69) is 73.1 Å². The van der Waals surface area contributed by atoms with Gasteiger partial charge in [-0.15, -0.1) is 5.10 Å². The maximum Gasteiger partial charge on any atom is 0.234 e. The van der Waals surface area contributed by atoms with Gasteiger partial charge >= 0.3 is 0 Å². The highest BCUT2D eigenvalue weighted by Gasteiger charge is 2.17. The molecule has 3 aromatic rings. The number of hydrogen-bond donors (Lipinski definition) is 1. The largest absolute Gasteiger partial charge is 0.369 e. The molecule has 2 aromatic carbocycles. The van der Waals surface area contributed by atoms with Crippen LogP contribution in [0.4, 0.5) is 11.4 Å². The first-order valence-electron chi connectivity index (χ1n) is 10.9. The van der Waals surface area contributed by atoms with E-state index in [-0.39, 0.29) is 17.7 Å². The Morgan fingerprint density at radius 2 is 1.75 bits per heavy atom. The zero-order valence-electron chi connectivity index (χ0n) is 18.5. The summed E-state index contributed by atoms with van der Waals surface area (Å²) in [6.45, 7) is 9.10. The molecule has 4 rings (SSSR count). The van der Waals surface area contributed by atoms with Crippen molar-refractivity contribution >= 4 is 29.0 Å². The Kier molecular flexibility index (Phi) is 7.39. The molecule has 1 N–H and O–H groups in total. The van der Waals surface area contributed by atoms with Crippen LogP contribution in [0.2, 0.25) is 0 Å². The van der Waals surface area contributed by atoms with Gasteiger partial charge in [-0.05, 0) is 54.1 Å². The number of tetrazole rings is 1. The Morgan fingerprint density at radius 1 is 1.03 bits per heavy atom. The van der Waals surface area contributed by atoms with Crippen LogP contribution in [0.1, 0.15) is 25.5 Å². The molecular weight excluding hydrogens is 422 g/mol. The van der Waals surface area contributed by atoms with Gasteiger partial charge in [0.2, 0.25) is 11.1 Å². The van der Waals surface area contributed by atoms with Crippen LogP contribution in [0, 0.1) is 0 Å². The van der Waals surface area contributed by atoms with E-state index >= 15 is 0 Å². The van der Waals surface area contributed by atoms with Crippen molar-refractivity contribution in [3.05, 3.63) is 60.2 Å². The molecule has 0 atom stereocenters. The van der Waals surface area contributed by atoms with Gasteiger partial charge in [0.25, 0.3) is 0 Å². The number of carbonyl (C=O) groups is 1. The van der Waals surface area contributed by atoms with Crippen LogP contribution in [-0.2, 0) is 11.3 Å². The average Bonchev–Trinajstić information content (AvgIpc) is 3.29. The van der Waals surface area contributed by atoms with Crippen molar-refractivity contribution in [2.75, 3.05) is 42.1 Å². The summed E-state index contributed by atoms with van der Waals surface area (Å²) in [6, 6.07) is 18.9. The smallest absolute Gasteiger partial charge is 0.234 e. The molecule has 1 aromatic heterocycles. The fourth-order valence-corrected chi connectivity index (χ4v) is 4.50. The van der Waals surface area contributed by atoms with E-state index in [4.69, 9.17) is 0 Å². The molecule has 1 fully saturated rings. The van der Waals surface area contributed by atoms with Gasteiger partial charge in [0, 0.05) is 44.1 Å². The normalized spacial score (nSPS) is 14.7. The number of carbonyl (C=O) groups excluding carboxylic acids is 1. The molecule has 1 saturated heterocycles. The first-order chi connectivity index (χ1) is 15.6.